The van der Waals surface area contributed by atoms with Gasteiger partial charge in [-0.25, -0.2) is 0 Å². The van der Waals surface area contributed by atoms with Crippen molar-refractivity contribution in [2.75, 3.05) is 13.2 Å². The van der Waals surface area contributed by atoms with Gasteiger partial charge in [-0.15, -0.1) is 0 Å². The fourth-order valence-corrected chi connectivity index (χ4v) is 6.41. The van der Waals surface area contributed by atoms with Gasteiger partial charge in [0.15, 0.2) is 6.10 Å². The lowest BCUT2D eigenvalue weighted by Gasteiger charge is -2.18. The molecule has 0 rings (SSSR count). The highest BCUT2D eigenvalue weighted by atomic mass is 16.6. The van der Waals surface area contributed by atoms with Gasteiger partial charge in [-0.2, -0.15) is 0 Å². The van der Waals surface area contributed by atoms with Gasteiger partial charge >= 0.3 is 17.9 Å². The second kappa shape index (κ2) is 50.5. The first kappa shape index (κ1) is 58.8. The Morgan fingerprint density at radius 2 is 0.651 bits per heavy atom. The van der Waals surface area contributed by atoms with Gasteiger partial charge in [0.1, 0.15) is 13.2 Å². The summed E-state index contributed by atoms with van der Waals surface area (Å²) in [7, 11) is 0. The Labute approximate surface area is 386 Å². The van der Waals surface area contributed by atoms with Crippen LogP contribution >= 0.6 is 0 Å². The van der Waals surface area contributed by atoms with Gasteiger partial charge in [0.05, 0.1) is 0 Å². The summed E-state index contributed by atoms with van der Waals surface area (Å²) < 4.78 is 16.7. The van der Waals surface area contributed by atoms with Crippen LogP contribution in [0.3, 0.4) is 0 Å². The summed E-state index contributed by atoms with van der Waals surface area (Å²) in [6.45, 7) is 6.18. The molecule has 0 aromatic carbocycles. The third-order valence-corrected chi connectivity index (χ3v) is 10.1. The van der Waals surface area contributed by atoms with Crippen molar-refractivity contribution in [3.05, 3.63) is 122 Å². The molecule has 6 heteroatoms. The molecule has 0 N–H and O–H groups in total. The van der Waals surface area contributed by atoms with E-state index in [1.165, 1.54) is 38.5 Å². The fraction of sp³-hybridized carbons (Fsp3) is 0.596. The van der Waals surface area contributed by atoms with E-state index in [2.05, 4.69) is 99.8 Å². The van der Waals surface area contributed by atoms with Gasteiger partial charge in [-0.1, -0.05) is 213 Å². The topological polar surface area (TPSA) is 78.9 Å². The van der Waals surface area contributed by atoms with Crippen LogP contribution in [-0.2, 0) is 28.6 Å². The third kappa shape index (κ3) is 48.7. The Hall–Kier alpha value is -4.19. The molecule has 0 aliphatic rings. The van der Waals surface area contributed by atoms with Crippen molar-refractivity contribution in [1.29, 1.82) is 0 Å². The summed E-state index contributed by atoms with van der Waals surface area (Å²) in [5.41, 5.74) is 0. The zero-order valence-corrected chi connectivity index (χ0v) is 40.3. The molecule has 1 unspecified atom stereocenters. The molecular formula is C57H90O6. The van der Waals surface area contributed by atoms with Crippen molar-refractivity contribution in [1.82, 2.24) is 0 Å². The molecule has 0 aliphatic heterocycles. The molecule has 0 radical (unpaired) electrons. The van der Waals surface area contributed by atoms with Crippen LogP contribution in [0, 0.1) is 0 Å². The van der Waals surface area contributed by atoms with Crippen LogP contribution in [0.4, 0.5) is 0 Å². The molecule has 63 heavy (non-hydrogen) atoms. The molecule has 0 aromatic heterocycles. The number of ether oxygens (including phenoxy) is 3. The van der Waals surface area contributed by atoms with Gasteiger partial charge in [0.2, 0.25) is 0 Å². The smallest absolute Gasteiger partial charge is 0.306 e. The highest BCUT2D eigenvalue weighted by molar-refractivity contribution is 5.71. The third-order valence-electron chi connectivity index (χ3n) is 10.1. The molecule has 0 saturated heterocycles. The minimum atomic E-state index is -0.812. The Kier molecular flexibility index (Phi) is 47.1. The van der Waals surface area contributed by atoms with Crippen molar-refractivity contribution in [3.8, 4) is 0 Å². The highest BCUT2D eigenvalue weighted by Crippen LogP contribution is 2.14. The monoisotopic (exact) mass is 871 g/mol. The van der Waals surface area contributed by atoms with Crippen LogP contribution in [0.5, 0.6) is 0 Å². The summed E-state index contributed by atoms with van der Waals surface area (Å²) in [6, 6.07) is 0. The molecule has 0 aliphatic carbocycles. The van der Waals surface area contributed by atoms with Gasteiger partial charge in [-0.05, 0) is 89.9 Å². The number of esters is 3. The molecule has 354 valence electrons. The molecule has 0 bridgehead atoms. The number of unbranched alkanes of at least 4 members (excludes halogenated alkanes) is 17. The Bertz CT molecular complexity index is 1370. The number of rotatable bonds is 43. The van der Waals surface area contributed by atoms with E-state index in [-0.39, 0.29) is 37.5 Å². The predicted molar refractivity (Wildman–Crippen MR) is 269 cm³/mol. The Morgan fingerprint density at radius 3 is 1.10 bits per heavy atom. The summed E-state index contributed by atoms with van der Waals surface area (Å²) >= 11 is 0. The van der Waals surface area contributed by atoms with E-state index in [1.54, 1.807) is 0 Å². The Morgan fingerprint density at radius 1 is 0.333 bits per heavy atom. The van der Waals surface area contributed by atoms with Crippen molar-refractivity contribution >= 4 is 17.9 Å². The van der Waals surface area contributed by atoms with Gasteiger partial charge in [0, 0.05) is 19.3 Å². The lowest BCUT2D eigenvalue weighted by atomic mass is 10.1. The van der Waals surface area contributed by atoms with E-state index in [9.17, 15) is 14.4 Å². The van der Waals surface area contributed by atoms with Crippen molar-refractivity contribution < 1.29 is 28.6 Å². The first-order chi connectivity index (χ1) is 31.0. The van der Waals surface area contributed by atoms with Crippen LogP contribution < -0.4 is 0 Å². The maximum Gasteiger partial charge on any atom is 0.306 e. The van der Waals surface area contributed by atoms with Gasteiger partial charge in [0.25, 0.3) is 0 Å². The summed E-state index contributed by atoms with van der Waals surface area (Å²) in [5.74, 6) is -0.982. The number of carbonyl (C=O) groups excluding carboxylic acids is 3. The summed E-state index contributed by atoms with van der Waals surface area (Å²) in [5, 5.41) is 0. The van der Waals surface area contributed by atoms with E-state index in [0.29, 0.717) is 19.3 Å². The maximum absolute atomic E-state index is 12.8. The summed E-state index contributed by atoms with van der Waals surface area (Å²) in [4.78, 5) is 37.9. The number of hydrogen-bond acceptors (Lipinski definition) is 6. The fourth-order valence-electron chi connectivity index (χ4n) is 6.41. The zero-order valence-electron chi connectivity index (χ0n) is 40.3. The van der Waals surface area contributed by atoms with Crippen LogP contribution in [0.2, 0.25) is 0 Å². The number of hydrogen-bond donors (Lipinski definition) is 0. The molecule has 0 aromatic rings. The average Bonchev–Trinajstić information content (AvgIpc) is 3.28. The average molecular weight is 871 g/mol. The van der Waals surface area contributed by atoms with Crippen molar-refractivity contribution in [2.45, 2.75) is 207 Å². The van der Waals surface area contributed by atoms with Gasteiger partial charge < -0.3 is 14.2 Å². The molecule has 1 atom stereocenters. The van der Waals surface area contributed by atoms with Crippen LogP contribution in [-0.4, -0.2) is 37.2 Å². The molecule has 0 saturated carbocycles. The predicted octanol–water partition coefficient (Wildman–Crippen LogP) is 16.5. The minimum absolute atomic E-state index is 0.107. The second-order valence-electron chi connectivity index (χ2n) is 16.1. The molecule has 0 heterocycles. The normalized spacial score (nSPS) is 13.1. The maximum atomic E-state index is 12.8. The van der Waals surface area contributed by atoms with Crippen molar-refractivity contribution in [2.24, 2.45) is 0 Å². The quantitative estimate of drug-likeness (QED) is 0.0200. The Balaban J connectivity index is 4.45. The molecule has 0 spiro atoms. The summed E-state index contributed by atoms with van der Waals surface area (Å²) in [6.07, 6.45) is 69.0. The standard InChI is InChI=1S/C57H90O6/c1-4-7-10-13-16-19-22-25-26-27-28-29-30-33-35-38-41-44-47-50-56(59)62-53-54(63-57(60)51-48-45-42-39-36-32-24-21-18-15-12-9-6-3)52-61-55(58)49-46-43-40-37-34-31-23-20-17-14-11-8-5-2/h7-12,14-21,23-26,32,36,54H,4-6,13,22,27-31,33-35,37-53H2,1-3H3/b10-7-,11-8-,12-9-,17-14-,18-15-,19-16-,23-20-,24-21-,26-25-,36-32-. The zero-order chi connectivity index (χ0) is 45.8. The van der Waals surface area contributed by atoms with Crippen LogP contribution in [0.25, 0.3) is 0 Å². The number of allylic oxidation sites excluding steroid dienone is 20. The van der Waals surface area contributed by atoms with E-state index in [1.807, 2.05) is 42.5 Å². The first-order valence-electron chi connectivity index (χ1n) is 25.1. The SMILES string of the molecule is CC\C=C/C=C\C=C/C=C\CCCCCC(=O)OC(COC(=O)CCCCCCC\C=C/C=C\C=C/CC)COC(=O)CCCCCCCCCCC/C=C\C/C=C\C/C=C\CC. The molecule has 0 fully saturated rings. The van der Waals surface area contributed by atoms with Crippen LogP contribution in [0.15, 0.2) is 122 Å². The van der Waals surface area contributed by atoms with E-state index in [4.69, 9.17) is 14.2 Å². The van der Waals surface area contributed by atoms with E-state index >= 15 is 0 Å². The first-order valence-corrected chi connectivity index (χ1v) is 25.1. The highest BCUT2D eigenvalue weighted by Gasteiger charge is 2.19. The largest absolute Gasteiger partial charge is 0.462 e. The minimum Gasteiger partial charge on any atom is -0.462 e. The van der Waals surface area contributed by atoms with E-state index in [0.717, 1.165) is 116 Å². The molecule has 0 amide bonds. The van der Waals surface area contributed by atoms with Crippen LogP contribution in [0.1, 0.15) is 201 Å². The molecule has 6 nitrogen and oxygen atoms in total. The second-order valence-corrected chi connectivity index (χ2v) is 16.1. The van der Waals surface area contributed by atoms with Gasteiger partial charge in [-0.3, -0.25) is 14.4 Å². The number of carbonyl (C=O) groups is 3. The van der Waals surface area contributed by atoms with E-state index < -0.39 is 6.10 Å². The van der Waals surface area contributed by atoms with Crippen molar-refractivity contribution in [3.63, 3.8) is 0 Å². The lowest BCUT2D eigenvalue weighted by molar-refractivity contribution is -0.167. The lowest BCUT2D eigenvalue weighted by Crippen LogP contribution is -2.30. The molecular weight excluding hydrogens is 781 g/mol.